The second-order valence-corrected chi connectivity index (χ2v) is 7.07. The zero-order chi connectivity index (χ0) is 15.5. The minimum Gasteiger partial charge on any atom is -0.480 e. The Kier molecular flexibility index (Phi) is 5.57. The number of aliphatic carboxylic acids is 1. The Bertz CT molecular complexity index is 361. The molecule has 0 radical (unpaired) electrons. The van der Waals surface area contributed by atoms with Gasteiger partial charge in [0.1, 0.15) is 6.04 Å². The summed E-state index contributed by atoms with van der Waals surface area (Å²) in [6.45, 7) is 8.86. The van der Waals surface area contributed by atoms with Crippen LogP contribution in [-0.4, -0.2) is 47.7 Å². The van der Waals surface area contributed by atoms with Crippen molar-refractivity contribution >= 4 is 11.9 Å². The molecule has 0 bridgehead atoms. The van der Waals surface area contributed by atoms with E-state index in [1.807, 2.05) is 6.92 Å². The third kappa shape index (κ3) is 4.78. The van der Waals surface area contributed by atoms with Crippen LogP contribution in [0, 0.1) is 11.3 Å². The summed E-state index contributed by atoms with van der Waals surface area (Å²) in [7, 11) is 1.56. The summed E-state index contributed by atoms with van der Waals surface area (Å²) in [6, 6.07) is -0.741. The van der Waals surface area contributed by atoms with Crippen LogP contribution in [0.3, 0.4) is 0 Å². The maximum atomic E-state index is 12.3. The summed E-state index contributed by atoms with van der Waals surface area (Å²) < 4.78 is 5.20. The first-order valence-electron chi connectivity index (χ1n) is 7.19. The highest BCUT2D eigenvalue weighted by molar-refractivity contribution is 5.84. The number of carbonyl (C=O) groups is 2. The van der Waals surface area contributed by atoms with Gasteiger partial charge in [-0.3, -0.25) is 4.79 Å². The van der Waals surface area contributed by atoms with E-state index >= 15 is 0 Å². The van der Waals surface area contributed by atoms with Crippen LogP contribution in [0.2, 0.25) is 0 Å². The van der Waals surface area contributed by atoms with E-state index in [9.17, 15) is 14.7 Å². The van der Waals surface area contributed by atoms with Gasteiger partial charge in [0, 0.05) is 26.5 Å². The highest BCUT2D eigenvalue weighted by atomic mass is 16.5. The van der Waals surface area contributed by atoms with Gasteiger partial charge in [-0.2, -0.15) is 0 Å². The second kappa shape index (κ2) is 6.57. The van der Waals surface area contributed by atoms with Crippen molar-refractivity contribution in [1.82, 2.24) is 4.90 Å². The quantitative estimate of drug-likeness (QED) is 0.840. The molecule has 0 aliphatic carbocycles. The number of carboxylic acids is 1. The molecule has 1 heterocycles. The van der Waals surface area contributed by atoms with Gasteiger partial charge in [0.25, 0.3) is 0 Å². The van der Waals surface area contributed by atoms with Gasteiger partial charge in [-0.1, -0.05) is 27.7 Å². The minimum atomic E-state index is -0.943. The van der Waals surface area contributed by atoms with Crippen molar-refractivity contribution in [3.05, 3.63) is 0 Å². The molecular formula is C15H27NO4. The van der Waals surface area contributed by atoms with Crippen molar-refractivity contribution in [2.75, 3.05) is 13.7 Å². The van der Waals surface area contributed by atoms with Gasteiger partial charge in [0.15, 0.2) is 0 Å². The molecule has 3 atom stereocenters. The number of carboxylic acid groups (broad SMARTS) is 1. The molecular weight excluding hydrogens is 258 g/mol. The van der Waals surface area contributed by atoms with Crippen molar-refractivity contribution in [3.63, 3.8) is 0 Å². The number of methoxy groups -OCH3 is 1. The molecule has 1 aliphatic heterocycles. The summed E-state index contributed by atoms with van der Waals surface area (Å²) in [4.78, 5) is 25.0. The lowest BCUT2D eigenvalue weighted by Gasteiger charge is -2.26. The fourth-order valence-electron chi connectivity index (χ4n) is 3.01. The molecule has 116 valence electrons. The van der Waals surface area contributed by atoms with Crippen molar-refractivity contribution in [1.29, 1.82) is 0 Å². The van der Waals surface area contributed by atoms with E-state index in [0.29, 0.717) is 19.4 Å². The molecule has 0 aromatic carbocycles. The molecule has 0 spiro atoms. The minimum absolute atomic E-state index is 0.0753. The molecule has 1 saturated heterocycles. The predicted octanol–water partition coefficient (Wildman–Crippen LogP) is 2.15. The Morgan fingerprint density at radius 3 is 2.45 bits per heavy atom. The Morgan fingerprint density at radius 2 is 2.00 bits per heavy atom. The Hall–Kier alpha value is -1.10. The summed E-state index contributed by atoms with van der Waals surface area (Å²) in [5, 5.41) is 9.22. The van der Waals surface area contributed by atoms with E-state index in [1.165, 1.54) is 4.90 Å². The predicted molar refractivity (Wildman–Crippen MR) is 76.4 cm³/mol. The number of amides is 1. The van der Waals surface area contributed by atoms with E-state index in [2.05, 4.69) is 20.8 Å². The molecule has 1 fully saturated rings. The van der Waals surface area contributed by atoms with Crippen molar-refractivity contribution < 1.29 is 19.4 Å². The standard InChI is InChI=1S/C15H27NO4/c1-10(8-15(2,3)4)6-13(17)16-9-11(20-5)7-12(16)14(18)19/h10-12H,6-9H2,1-5H3,(H,18,19). The average molecular weight is 285 g/mol. The highest BCUT2D eigenvalue weighted by Gasteiger charge is 2.39. The molecule has 0 saturated carbocycles. The van der Waals surface area contributed by atoms with Crippen LogP contribution < -0.4 is 0 Å². The van der Waals surface area contributed by atoms with Crippen molar-refractivity contribution in [2.45, 2.75) is 59.1 Å². The van der Waals surface area contributed by atoms with E-state index < -0.39 is 12.0 Å². The molecule has 5 heteroatoms. The summed E-state index contributed by atoms with van der Waals surface area (Å²) in [5.74, 6) is -0.770. The third-order valence-electron chi connectivity index (χ3n) is 3.69. The average Bonchev–Trinajstić information content (AvgIpc) is 2.70. The number of hydrogen-bond donors (Lipinski definition) is 1. The lowest BCUT2D eigenvalue weighted by atomic mass is 9.84. The number of likely N-dealkylation sites (tertiary alicyclic amines) is 1. The molecule has 3 unspecified atom stereocenters. The summed E-state index contributed by atoms with van der Waals surface area (Å²) in [6.07, 6.45) is 1.55. The van der Waals surface area contributed by atoms with Crippen LogP contribution in [-0.2, 0) is 14.3 Å². The topological polar surface area (TPSA) is 66.8 Å². The molecule has 1 aliphatic rings. The number of nitrogens with zero attached hydrogens (tertiary/aromatic N) is 1. The van der Waals surface area contributed by atoms with Crippen molar-refractivity contribution in [2.24, 2.45) is 11.3 Å². The number of rotatable bonds is 5. The lowest BCUT2D eigenvalue weighted by molar-refractivity contribution is -0.148. The first kappa shape index (κ1) is 17.0. The molecule has 1 amide bonds. The van der Waals surface area contributed by atoms with Gasteiger partial charge in [-0.25, -0.2) is 4.79 Å². The maximum absolute atomic E-state index is 12.3. The smallest absolute Gasteiger partial charge is 0.326 e. The fraction of sp³-hybridized carbons (Fsp3) is 0.867. The van der Waals surface area contributed by atoms with Crippen LogP contribution >= 0.6 is 0 Å². The van der Waals surface area contributed by atoms with Gasteiger partial charge in [-0.15, -0.1) is 0 Å². The normalized spacial score (nSPS) is 24.8. The van der Waals surface area contributed by atoms with E-state index in [0.717, 1.165) is 6.42 Å². The lowest BCUT2D eigenvalue weighted by Crippen LogP contribution is -2.41. The van der Waals surface area contributed by atoms with Crippen LogP contribution in [0.25, 0.3) is 0 Å². The summed E-state index contributed by atoms with van der Waals surface area (Å²) in [5.41, 5.74) is 0.173. The molecule has 0 aromatic rings. The fourth-order valence-corrected chi connectivity index (χ4v) is 3.01. The second-order valence-electron chi connectivity index (χ2n) is 7.07. The molecule has 1 rings (SSSR count). The molecule has 5 nitrogen and oxygen atoms in total. The van der Waals surface area contributed by atoms with Crippen LogP contribution in [0.15, 0.2) is 0 Å². The maximum Gasteiger partial charge on any atom is 0.326 e. The zero-order valence-corrected chi connectivity index (χ0v) is 13.2. The number of ether oxygens (including phenoxy) is 1. The molecule has 20 heavy (non-hydrogen) atoms. The highest BCUT2D eigenvalue weighted by Crippen LogP contribution is 2.28. The van der Waals surface area contributed by atoms with Gasteiger partial charge >= 0.3 is 5.97 Å². The SMILES string of the molecule is COC1CC(C(=O)O)N(C(=O)CC(C)CC(C)(C)C)C1. The van der Waals surface area contributed by atoms with Gasteiger partial charge < -0.3 is 14.7 Å². The van der Waals surface area contributed by atoms with Gasteiger partial charge in [-0.05, 0) is 17.8 Å². The first-order chi connectivity index (χ1) is 9.14. The van der Waals surface area contributed by atoms with Crippen molar-refractivity contribution in [3.8, 4) is 0 Å². The Labute approximate surface area is 121 Å². The molecule has 0 aromatic heterocycles. The number of hydrogen-bond acceptors (Lipinski definition) is 3. The van der Waals surface area contributed by atoms with Crippen LogP contribution in [0.5, 0.6) is 0 Å². The monoisotopic (exact) mass is 285 g/mol. The largest absolute Gasteiger partial charge is 0.480 e. The van der Waals surface area contributed by atoms with Gasteiger partial charge in [0.05, 0.1) is 6.10 Å². The summed E-state index contributed by atoms with van der Waals surface area (Å²) >= 11 is 0. The van der Waals surface area contributed by atoms with E-state index in [4.69, 9.17) is 4.74 Å². The number of carbonyl (C=O) groups excluding carboxylic acids is 1. The van der Waals surface area contributed by atoms with Gasteiger partial charge in [0.2, 0.25) is 5.91 Å². The first-order valence-corrected chi connectivity index (χ1v) is 7.19. The third-order valence-corrected chi connectivity index (χ3v) is 3.69. The van der Waals surface area contributed by atoms with Crippen LogP contribution in [0.1, 0.15) is 47.0 Å². The zero-order valence-electron chi connectivity index (χ0n) is 13.2. The Balaban J connectivity index is 2.63. The van der Waals surface area contributed by atoms with Crippen LogP contribution in [0.4, 0.5) is 0 Å². The van der Waals surface area contributed by atoms with E-state index in [1.54, 1.807) is 7.11 Å². The van der Waals surface area contributed by atoms with E-state index in [-0.39, 0.29) is 23.3 Å². The Morgan fingerprint density at radius 1 is 1.40 bits per heavy atom. The molecule has 1 N–H and O–H groups in total.